The van der Waals surface area contributed by atoms with Crippen molar-refractivity contribution < 1.29 is 9.53 Å². The Hall–Kier alpha value is -2.25. The molecule has 2 heterocycles. The van der Waals surface area contributed by atoms with Crippen LogP contribution in [0.5, 0.6) is 0 Å². The van der Waals surface area contributed by atoms with E-state index in [4.69, 9.17) is 16.3 Å². The summed E-state index contributed by atoms with van der Waals surface area (Å²) in [6, 6.07) is 5.47. The van der Waals surface area contributed by atoms with Gasteiger partial charge in [-0.3, -0.25) is 0 Å². The van der Waals surface area contributed by atoms with Crippen LogP contribution in [0.1, 0.15) is 23.1 Å². The Balaban J connectivity index is 1.97. The van der Waals surface area contributed by atoms with Gasteiger partial charge in [-0.15, -0.1) is 0 Å². The van der Waals surface area contributed by atoms with E-state index in [-0.39, 0.29) is 12.2 Å². The van der Waals surface area contributed by atoms with Crippen molar-refractivity contribution >= 4 is 50.1 Å². The highest BCUT2D eigenvalue weighted by Crippen LogP contribution is 2.30. The Morgan fingerprint density at radius 1 is 1.39 bits per heavy atom. The van der Waals surface area contributed by atoms with Crippen LogP contribution in [0.2, 0.25) is 5.02 Å². The van der Waals surface area contributed by atoms with Crippen molar-refractivity contribution in [2.45, 2.75) is 13.8 Å². The zero-order chi connectivity index (χ0) is 16.4. The number of aryl methyl sites for hydroxylation is 1. The van der Waals surface area contributed by atoms with E-state index in [0.717, 1.165) is 10.2 Å². The molecule has 0 bridgehead atoms. The minimum atomic E-state index is -0.473. The van der Waals surface area contributed by atoms with Gasteiger partial charge in [0.1, 0.15) is 11.4 Å². The standard InChI is InChI=1S/C15H13ClN4O2S/c1-3-22-14(21)10-7-17-8(2)18-13(10)20-15-19-11-5-4-9(16)6-12(11)23-15/h4-7H,3H2,1-2H3,(H,17,18,19,20). The number of carbonyl (C=O) groups is 1. The summed E-state index contributed by atoms with van der Waals surface area (Å²) in [5.41, 5.74) is 1.10. The number of thiazole rings is 1. The molecule has 1 N–H and O–H groups in total. The molecule has 3 rings (SSSR count). The van der Waals surface area contributed by atoms with Gasteiger partial charge < -0.3 is 10.1 Å². The van der Waals surface area contributed by atoms with Crippen LogP contribution in [0, 0.1) is 6.92 Å². The van der Waals surface area contributed by atoms with Crippen molar-refractivity contribution in [3.63, 3.8) is 0 Å². The first-order chi connectivity index (χ1) is 11.1. The van der Waals surface area contributed by atoms with Crippen molar-refractivity contribution in [2.75, 3.05) is 11.9 Å². The number of hydrogen-bond donors (Lipinski definition) is 1. The molecule has 2 aromatic heterocycles. The highest BCUT2D eigenvalue weighted by Gasteiger charge is 2.16. The molecule has 0 aliphatic rings. The van der Waals surface area contributed by atoms with Crippen molar-refractivity contribution in [1.82, 2.24) is 15.0 Å². The smallest absolute Gasteiger partial charge is 0.343 e. The van der Waals surface area contributed by atoms with Gasteiger partial charge in [0.05, 0.1) is 16.8 Å². The molecule has 0 spiro atoms. The quantitative estimate of drug-likeness (QED) is 0.719. The maximum Gasteiger partial charge on any atom is 0.343 e. The van der Waals surface area contributed by atoms with Crippen LogP contribution in [0.25, 0.3) is 10.2 Å². The molecule has 6 nitrogen and oxygen atoms in total. The van der Waals surface area contributed by atoms with E-state index in [1.807, 2.05) is 12.1 Å². The first-order valence-electron chi connectivity index (χ1n) is 6.90. The van der Waals surface area contributed by atoms with Crippen LogP contribution in [-0.2, 0) is 4.74 Å². The fourth-order valence-electron chi connectivity index (χ4n) is 1.98. The summed E-state index contributed by atoms with van der Waals surface area (Å²) in [6.45, 7) is 3.78. The zero-order valence-corrected chi connectivity index (χ0v) is 14.0. The molecule has 0 radical (unpaired) electrons. The lowest BCUT2D eigenvalue weighted by Crippen LogP contribution is -2.10. The van der Waals surface area contributed by atoms with Gasteiger partial charge in [0.15, 0.2) is 10.9 Å². The van der Waals surface area contributed by atoms with Gasteiger partial charge in [-0.2, -0.15) is 0 Å². The normalized spacial score (nSPS) is 10.7. The molecule has 118 valence electrons. The van der Waals surface area contributed by atoms with Gasteiger partial charge >= 0.3 is 5.97 Å². The van der Waals surface area contributed by atoms with E-state index in [1.165, 1.54) is 17.5 Å². The fourth-order valence-corrected chi connectivity index (χ4v) is 3.12. The number of fused-ring (bicyclic) bond motifs is 1. The van der Waals surface area contributed by atoms with Crippen LogP contribution < -0.4 is 5.32 Å². The second-order valence-corrected chi connectivity index (χ2v) is 6.12. The average molecular weight is 349 g/mol. The lowest BCUT2D eigenvalue weighted by atomic mass is 10.3. The highest BCUT2D eigenvalue weighted by molar-refractivity contribution is 7.22. The summed E-state index contributed by atoms with van der Waals surface area (Å²) >= 11 is 7.41. The molecule has 1 aromatic carbocycles. The summed E-state index contributed by atoms with van der Waals surface area (Å²) < 4.78 is 5.98. The molecular weight excluding hydrogens is 336 g/mol. The lowest BCUT2D eigenvalue weighted by Gasteiger charge is -2.08. The van der Waals surface area contributed by atoms with E-state index in [1.54, 1.807) is 19.9 Å². The van der Waals surface area contributed by atoms with Crippen molar-refractivity contribution in [3.05, 3.63) is 40.8 Å². The summed E-state index contributed by atoms with van der Waals surface area (Å²) in [6.07, 6.45) is 1.45. The highest BCUT2D eigenvalue weighted by atomic mass is 35.5. The molecule has 0 atom stereocenters. The van der Waals surface area contributed by atoms with Crippen molar-refractivity contribution in [2.24, 2.45) is 0 Å². The van der Waals surface area contributed by atoms with Crippen molar-refractivity contribution in [3.8, 4) is 0 Å². The van der Waals surface area contributed by atoms with Gasteiger partial charge in [0.2, 0.25) is 0 Å². The maximum absolute atomic E-state index is 12.0. The van der Waals surface area contributed by atoms with Crippen LogP contribution >= 0.6 is 22.9 Å². The topological polar surface area (TPSA) is 77.0 Å². The Morgan fingerprint density at radius 2 is 2.22 bits per heavy atom. The fraction of sp³-hybridized carbons (Fsp3) is 0.200. The number of nitrogens with zero attached hydrogens (tertiary/aromatic N) is 3. The lowest BCUT2D eigenvalue weighted by molar-refractivity contribution is 0.0526. The maximum atomic E-state index is 12.0. The monoisotopic (exact) mass is 348 g/mol. The Morgan fingerprint density at radius 3 is 3.00 bits per heavy atom. The van der Waals surface area contributed by atoms with Gasteiger partial charge in [-0.05, 0) is 32.0 Å². The summed E-state index contributed by atoms with van der Waals surface area (Å²) in [5.74, 6) is 0.449. The number of nitrogens with one attached hydrogen (secondary N) is 1. The van der Waals surface area contributed by atoms with Crippen LogP contribution in [-0.4, -0.2) is 27.5 Å². The third kappa shape index (κ3) is 3.40. The molecule has 0 aliphatic carbocycles. The number of rotatable bonds is 4. The summed E-state index contributed by atoms with van der Waals surface area (Å²) in [4.78, 5) is 24.8. The second kappa shape index (κ2) is 6.47. The van der Waals surface area contributed by atoms with E-state index < -0.39 is 5.97 Å². The summed E-state index contributed by atoms with van der Waals surface area (Å²) in [7, 11) is 0. The van der Waals surface area contributed by atoms with Crippen LogP contribution in [0.15, 0.2) is 24.4 Å². The first kappa shape index (κ1) is 15.6. The third-order valence-corrected chi connectivity index (χ3v) is 4.15. The number of halogens is 1. The largest absolute Gasteiger partial charge is 0.462 e. The minimum Gasteiger partial charge on any atom is -0.462 e. The molecule has 0 aliphatic heterocycles. The molecule has 3 aromatic rings. The van der Waals surface area contributed by atoms with Gasteiger partial charge in [-0.1, -0.05) is 22.9 Å². The number of carbonyl (C=O) groups excluding carboxylic acids is 1. The minimum absolute atomic E-state index is 0.273. The Kier molecular flexibility index (Phi) is 4.40. The predicted octanol–water partition coefficient (Wildman–Crippen LogP) is 3.97. The number of esters is 1. The SMILES string of the molecule is CCOC(=O)c1cnc(C)nc1Nc1nc2ccc(Cl)cc2s1. The second-order valence-electron chi connectivity index (χ2n) is 4.66. The van der Waals surface area contributed by atoms with Gasteiger partial charge in [0, 0.05) is 11.2 Å². The van der Waals surface area contributed by atoms with E-state index in [0.29, 0.717) is 21.8 Å². The molecule has 0 fully saturated rings. The van der Waals surface area contributed by atoms with E-state index in [9.17, 15) is 4.79 Å². The molecule has 0 unspecified atom stereocenters. The molecule has 0 amide bonds. The molecular formula is C15H13ClN4O2S. The molecule has 8 heteroatoms. The van der Waals surface area contributed by atoms with E-state index in [2.05, 4.69) is 20.3 Å². The number of ether oxygens (including phenoxy) is 1. The number of anilines is 2. The van der Waals surface area contributed by atoms with Gasteiger partial charge in [-0.25, -0.2) is 19.7 Å². The predicted molar refractivity (Wildman–Crippen MR) is 90.6 cm³/mol. The van der Waals surface area contributed by atoms with E-state index >= 15 is 0 Å². The van der Waals surface area contributed by atoms with Crippen LogP contribution in [0.3, 0.4) is 0 Å². The number of aromatic nitrogens is 3. The number of hydrogen-bond acceptors (Lipinski definition) is 7. The van der Waals surface area contributed by atoms with Crippen molar-refractivity contribution in [1.29, 1.82) is 0 Å². The van der Waals surface area contributed by atoms with Crippen LogP contribution in [0.4, 0.5) is 10.9 Å². The number of benzene rings is 1. The van der Waals surface area contributed by atoms with Gasteiger partial charge in [0.25, 0.3) is 0 Å². The third-order valence-electron chi connectivity index (χ3n) is 2.98. The molecule has 23 heavy (non-hydrogen) atoms. The molecule has 0 saturated carbocycles. The zero-order valence-electron chi connectivity index (χ0n) is 12.5. The Bertz CT molecular complexity index is 881. The first-order valence-corrected chi connectivity index (χ1v) is 8.10. The molecule has 0 saturated heterocycles. The summed E-state index contributed by atoms with van der Waals surface area (Å²) in [5, 5.41) is 4.34. The average Bonchev–Trinajstić information content (AvgIpc) is 2.88. The Labute approximate surface area is 141 Å².